The van der Waals surface area contributed by atoms with E-state index in [0.29, 0.717) is 18.7 Å². The van der Waals surface area contributed by atoms with Crippen LogP contribution in [0.25, 0.3) is 5.69 Å². The van der Waals surface area contributed by atoms with E-state index in [1.807, 2.05) is 44.2 Å². The van der Waals surface area contributed by atoms with E-state index in [2.05, 4.69) is 10.3 Å². The Kier molecular flexibility index (Phi) is 5.16. The van der Waals surface area contributed by atoms with E-state index in [1.54, 1.807) is 22.0 Å². The molecule has 0 spiro atoms. The van der Waals surface area contributed by atoms with Crippen molar-refractivity contribution in [2.24, 2.45) is 0 Å². The SMILES string of the molecule is CC[C@@H](C)NC(=O)[C@H]1CCCN1C(=O)c1cncn1-c1ccccc1. The first-order valence-electron chi connectivity index (χ1n) is 8.81. The molecule has 1 fully saturated rings. The van der Waals surface area contributed by atoms with Gasteiger partial charge in [-0.05, 0) is 38.3 Å². The first-order chi connectivity index (χ1) is 12.1. The summed E-state index contributed by atoms with van der Waals surface area (Å²) in [5, 5.41) is 2.99. The molecule has 6 nitrogen and oxygen atoms in total. The fraction of sp³-hybridized carbons (Fsp3) is 0.421. The maximum absolute atomic E-state index is 13.1. The van der Waals surface area contributed by atoms with E-state index in [9.17, 15) is 9.59 Å². The first kappa shape index (κ1) is 17.2. The number of para-hydroxylation sites is 1. The molecule has 0 unspecified atom stereocenters. The number of nitrogens with zero attached hydrogens (tertiary/aromatic N) is 3. The van der Waals surface area contributed by atoms with Crippen molar-refractivity contribution in [2.75, 3.05) is 6.54 Å². The average Bonchev–Trinajstić information content (AvgIpc) is 3.31. The smallest absolute Gasteiger partial charge is 0.273 e. The Labute approximate surface area is 147 Å². The van der Waals surface area contributed by atoms with E-state index in [0.717, 1.165) is 18.5 Å². The van der Waals surface area contributed by atoms with Gasteiger partial charge >= 0.3 is 0 Å². The van der Waals surface area contributed by atoms with Gasteiger partial charge in [0.05, 0.1) is 12.5 Å². The predicted molar refractivity (Wildman–Crippen MR) is 95.5 cm³/mol. The minimum Gasteiger partial charge on any atom is -0.352 e. The number of hydrogen-bond acceptors (Lipinski definition) is 3. The Hall–Kier alpha value is -2.63. The van der Waals surface area contributed by atoms with Crippen molar-refractivity contribution in [3.05, 3.63) is 48.5 Å². The normalized spacial score (nSPS) is 18.2. The fourth-order valence-electron chi connectivity index (χ4n) is 3.12. The molecule has 1 aromatic heterocycles. The highest BCUT2D eigenvalue weighted by Gasteiger charge is 2.36. The largest absolute Gasteiger partial charge is 0.352 e. The minimum absolute atomic E-state index is 0.0639. The second kappa shape index (κ2) is 7.51. The van der Waals surface area contributed by atoms with Crippen LogP contribution in [0.1, 0.15) is 43.6 Å². The zero-order valence-electron chi connectivity index (χ0n) is 14.7. The van der Waals surface area contributed by atoms with Crippen LogP contribution < -0.4 is 5.32 Å². The van der Waals surface area contributed by atoms with Crippen LogP contribution in [-0.4, -0.2) is 44.9 Å². The van der Waals surface area contributed by atoms with Crippen molar-refractivity contribution in [2.45, 2.75) is 45.2 Å². The quantitative estimate of drug-likeness (QED) is 0.909. The number of nitrogens with one attached hydrogen (secondary N) is 1. The van der Waals surface area contributed by atoms with Crippen LogP contribution in [-0.2, 0) is 4.79 Å². The van der Waals surface area contributed by atoms with E-state index < -0.39 is 6.04 Å². The fourth-order valence-corrected chi connectivity index (χ4v) is 3.12. The molecule has 132 valence electrons. The Balaban J connectivity index is 1.81. The van der Waals surface area contributed by atoms with Crippen molar-refractivity contribution in [3.8, 4) is 5.69 Å². The average molecular weight is 340 g/mol. The van der Waals surface area contributed by atoms with Crippen molar-refractivity contribution >= 4 is 11.8 Å². The second-order valence-corrected chi connectivity index (χ2v) is 6.46. The van der Waals surface area contributed by atoms with Gasteiger partial charge in [-0.3, -0.25) is 14.2 Å². The molecule has 0 bridgehead atoms. The van der Waals surface area contributed by atoms with Gasteiger partial charge in [0.15, 0.2) is 0 Å². The van der Waals surface area contributed by atoms with E-state index >= 15 is 0 Å². The maximum Gasteiger partial charge on any atom is 0.273 e. The van der Waals surface area contributed by atoms with Crippen LogP contribution in [0, 0.1) is 0 Å². The summed E-state index contributed by atoms with van der Waals surface area (Å²) in [6.45, 7) is 4.60. The van der Waals surface area contributed by atoms with Crippen LogP contribution in [0.4, 0.5) is 0 Å². The number of imidazole rings is 1. The molecule has 0 aliphatic carbocycles. The third-order valence-electron chi connectivity index (χ3n) is 4.71. The number of hydrogen-bond donors (Lipinski definition) is 1. The summed E-state index contributed by atoms with van der Waals surface area (Å²) in [7, 11) is 0. The van der Waals surface area contributed by atoms with E-state index in [4.69, 9.17) is 0 Å². The summed E-state index contributed by atoms with van der Waals surface area (Å²) in [6, 6.07) is 9.33. The van der Waals surface area contributed by atoms with Gasteiger partial charge in [-0.1, -0.05) is 25.1 Å². The second-order valence-electron chi connectivity index (χ2n) is 6.46. The number of carbonyl (C=O) groups excluding carboxylic acids is 2. The monoisotopic (exact) mass is 340 g/mol. The highest BCUT2D eigenvalue weighted by atomic mass is 16.2. The highest BCUT2D eigenvalue weighted by Crippen LogP contribution is 2.22. The highest BCUT2D eigenvalue weighted by molar-refractivity contribution is 5.97. The van der Waals surface area contributed by atoms with Gasteiger partial charge in [0, 0.05) is 18.3 Å². The van der Waals surface area contributed by atoms with Gasteiger partial charge in [-0.15, -0.1) is 0 Å². The molecule has 1 aromatic carbocycles. The predicted octanol–water partition coefficient (Wildman–Crippen LogP) is 2.39. The molecule has 1 aliphatic heterocycles. The third-order valence-corrected chi connectivity index (χ3v) is 4.71. The van der Waals surface area contributed by atoms with Crippen molar-refractivity contribution in [3.63, 3.8) is 0 Å². The number of amides is 2. The van der Waals surface area contributed by atoms with Crippen LogP contribution in [0.2, 0.25) is 0 Å². The zero-order valence-corrected chi connectivity index (χ0v) is 14.7. The van der Waals surface area contributed by atoms with Gasteiger partial charge < -0.3 is 10.2 Å². The Morgan fingerprint density at radius 1 is 1.32 bits per heavy atom. The number of benzene rings is 1. The standard InChI is InChI=1S/C19H24N4O2/c1-3-14(2)21-18(24)16-10-7-11-22(16)19(25)17-12-20-13-23(17)15-8-5-4-6-9-15/h4-6,8-9,12-14,16H,3,7,10-11H2,1-2H3,(H,21,24)/t14-,16-/m1/s1. The van der Waals surface area contributed by atoms with E-state index in [-0.39, 0.29) is 17.9 Å². The van der Waals surface area contributed by atoms with Gasteiger partial charge in [0.1, 0.15) is 11.7 Å². The molecular weight excluding hydrogens is 316 g/mol. The summed E-state index contributed by atoms with van der Waals surface area (Å²) in [6.07, 6.45) is 5.61. The topological polar surface area (TPSA) is 67.2 Å². The van der Waals surface area contributed by atoms with Crippen LogP contribution in [0.15, 0.2) is 42.9 Å². The lowest BCUT2D eigenvalue weighted by molar-refractivity contribution is -0.125. The molecular formula is C19H24N4O2. The van der Waals surface area contributed by atoms with Crippen LogP contribution in [0.5, 0.6) is 0 Å². The molecule has 1 aliphatic rings. The molecule has 2 atom stereocenters. The molecule has 1 N–H and O–H groups in total. The Bertz CT molecular complexity index is 741. The number of likely N-dealkylation sites (tertiary alicyclic amines) is 1. The van der Waals surface area contributed by atoms with Crippen molar-refractivity contribution in [1.82, 2.24) is 19.8 Å². The van der Waals surface area contributed by atoms with Crippen LogP contribution >= 0.6 is 0 Å². The molecule has 6 heteroatoms. The number of rotatable bonds is 5. The molecule has 0 radical (unpaired) electrons. The van der Waals surface area contributed by atoms with Crippen molar-refractivity contribution < 1.29 is 9.59 Å². The Morgan fingerprint density at radius 2 is 2.08 bits per heavy atom. The Morgan fingerprint density at radius 3 is 2.80 bits per heavy atom. The molecule has 1 saturated heterocycles. The minimum atomic E-state index is -0.402. The molecule has 25 heavy (non-hydrogen) atoms. The van der Waals surface area contributed by atoms with Gasteiger partial charge in [0.25, 0.3) is 5.91 Å². The van der Waals surface area contributed by atoms with Gasteiger partial charge in [0.2, 0.25) is 5.91 Å². The van der Waals surface area contributed by atoms with Gasteiger partial charge in [-0.2, -0.15) is 0 Å². The summed E-state index contributed by atoms with van der Waals surface area (Å²) < 4.78 is 1.77. The lowest BCUT2D eigenvalue weighted by Crippen LogP contribution is -2.48. The third kappa shape index (κ3) is 3.57. The molecule has 0 saturated carbocycles. The lowest BCUT2D eigenvalue weighted by Gasteiger charge is -2.25. The first-order valence-corrected chi connectivity index (χ1v) is 8.81. The summed E-state index contributed by atoms with van der Waals surface area (Å²) in [5.74, 6) is -0.214. The zero-order chi connectivity index (χ0) is 17.8. The summed E-state index contributed by atoms with van der Waals surface area (Å²) in [5.41, 5.74) is 1.36. The van der Waals surface area contributed by atoms with Crippen LogP contribution in [0.3, 0.4) is 0 Å². The molecule has 2 heterocycles. The lowest BCUT2D eigenvalue weighted by atomic mass is 10.1. The summed E-state index contributed by atoms with van der Waals surface area (Å²) >= 11 is 0. The number of carbonyl (C=O) groups is 2. The van der Waals surface area contributed by atoms with Gasteiger partial charge in [-0.25, -0.2) is 4.98 Å². The maximum atomic E-state index is 13.1. The molecule has 3 rings (SSSR count). The number of aromatic nitrogens is 2. The molecule has 2 aromatic rings. The molecule has 2 amide bonds. The summed E-state index contributed by atoms with van der Waals surface area (Å²) in [4.78, 5) is 31.4. The van der Waals surface area contributed by atoms with Crippen molar-refractivity contribution in [1.29, 1.82) is 0 Å². The van der Waals surface area contributed by atoms with E-state index in [1.165, 1.54) is 0 Å².